The SMILES string of the molecule is COc1cc(CC2=CC=CC2)c(OC)c(C(C)(C)C)c1. The van der Waals surface area contributed by atoms with Crippen LogP contribution in [0.25, 0.3) is 0 Å². The van der Waals surface area contributed by atoms with Crippen molar-refractivity contribution in [2.45, 2.75) is 39.0 Å². The van der Waals surface area contributed by atoms with Gasteiger partial charge in [-0.15, -0.1) is 0 Å². The van der Waals surface area contributed by atoms with E-state index >= 15 is 0 Å². The standard InChI is InChI=1S/C18H24O2/c1-18(2,3)16-12-15(19-4)11-14(17(16)20-5)10-13-8-6-7-9-13/h6-8,11-12H,9-10H2,1-5H3. The maximum atomic E-state index is 5.71. The highest BCUT2D eigenvalue weighted by molar-refractivity contribution is 5.52. The van der Waals surface area contributed by atoms with Gasteiger partial charge in [0.1, 0.15) is 11.5 Å². The van der Waals surface area contributed by atoms with E-state index in [-0.39, 0.29) is 5.41 Å². The third-order valence-corrected chi connectivity index (χ3v) is 3.65. The molecule has 0 aliphatic heterocycles. The van der Waals surface area contributed by atoms with E-state index in [0.717, 1.165) is 24.3 Å². The van der Waals surface area contributed by atoms with Crippen LogP contribution in [0.15, 0.2) is 35.9 Å². The highest BCUT2D eigenvalue weighted by atomic mass is 16.5. The fourth-order valence-corrected chi connectivity index (χ4v) is 2.57. The molecule has 20 heavy (non-hydrogen) atoms. The van der Waals surface area contributed by atoms with Crippen molar-refractivity contribution in [2.24, 2.45) is 0 Å². The molecule has 0 unspecified atom stereocenters. The Kier molecular flexibility index (Phi) is 4.22. The number of benzene rings is 1. The van der Waals surface area contributed by atoms with Crippen LogP contribution in [0.1, 0.15) is 38.3 Å². The monoisotopic (exact) mass is 272 g/mol. The first-order valence-electron chi connectivity index (χ1n) is 7.05. The third kappa shape index (κ3) is 3.06. The van der Waals surface area contributed by atoms with Crippen molar-refractivity contribution < 1.29 is 9.47 Å². The number of hydrogen-bond donors (Lipinski definition) is 0. The molecule has 0 bridgehead atoms. The average Bonchev–Trinajstić information content (AvgIpc) is 2.89. The Morgan fingerprint density at radius 2 is 1.85 bits per heavy atom. The summed E-state index contributed by atoms with van der Waals surface area (Å²) in [5.41, 5.74) is 3.83. The Bertz CT molecular complexity index is 545. The summed E-state index contributed by atoms with van der Waals surface area (Å²) >= 11 is 0. The molecule has 0 aromatic heterocycles. The van der Waals surface area contributed by atoms with Gasteiger partial charge in [-0.1, -0.05) is 44.6 Å². The van der Waals surface area contributed by atoms with Gasteiger partial charge in [0.2, 0.25) is 0 Å². The van der Waals surface area contributed by atoms with Crippen LogP contribution in [-0.4, -0.2) is 14.2 Å². The van der Waals surface area contributed by atoms with E-state index in [4.69, 9.17) is 9.47 Å². The molecule has 0 fully saturated rings. The van der Waals surface area contributed by atoms with Gasteiger partial charge in [-0.3, -0.25) is 0 Å². The van der Waals surface area contributed by atoms with Gasteiger partial charge in [0.25, 0.3) is 0 Å². The smallest absolute Gasteiger partial charge is 0.126 e. The van der Waals surface area contributed by atoms with Crippen LogP contribution >= 0.6 is 0 Å². The number of rotatable bonds is 4. The van der Waals surface area contributed by atoms with Gasteiger partial charge in [-0.25, -0.2) is 0 Å². The first kappa shape index (κ1) is 14.7. The zero-order valence-electron chi connectivity index (χ0n) is 13.1. The van der Waals surface area contributed by atoms with Crippen molar-refractivity contribution >= 4 is 0 Å². The number of methoxy groups -OCH3 is 2. The van der Waals surface area contributed by atoms with Crippen molar-refractivity contribution in [2.75, 3.05) is 14.2 Å². The Hall–Kier alpha value is -1.70. The zero-order valence-corrected chi connectivity index (χ0v) is 13.1. The minimum Gasteiger partial charge on any atom is -0.497 e. The third-order valence-electron chi connectivity index (χ3n) is 3.65. The van der Waals surface area contributed by atoms with E-state index in [1.54, 1.807) is 14.2 Å². The summed E-state index contributed by atoms with van der Waals surface area (Å²) in [5.74, 6) is 1.89. The van der Waals surface area contributed by atoms with E-state index in [0.29, 0.717) is 0 Å². The van der Waals surface area contributed by atoms with E-state index in [9.17, 15) is 0 Å². The van der Waals surface area contributed by atoms with Crippen LogP contribution in [0.2, 0.25) is 0 Å². The lowest BCUT2D eigenvalue weighted by atomic mass is 9.84. The molecule has 0 spiro atoms. The second-order valence-corrected chi connectivity index (χ2v) is 6.25. The second-order valence-electron chi connectivity index (χ2n) is 6.25. The molecule has 108 valence electrons. The lowest BCUT2D eigenvalue weighted by molar-refractivity contribution is 0.383. The molecule has 0 atom stereocenters. The highest BCUT2D eigenvalue weighted by Crippen LogP contribution is 2.38. The van der Waals surface area contributed by atoms with Crippen molar-refractivity contribution in [1.29, 1.82) is 0 Å². The highest BCUT2D eigenvalue weighted by Gasteiger charge is 2.23. The molecule has 1 aromatic carbocycles. The fourth-order valence-electron chi connectivity index (χ4n) is 2.57. The predicted octanol–water partition coefficient (Wildman–Crippen LogP) is 4.43. The summed E-state index contributed by atoms with van der Waals surface area (Å²) in [7, 11) is 3.47. The molecule has 0 amide bonds. The number of hydrogen-bond acceptors (Lipinski definition) is 2. The zero-order chi connectivity index (χ0) is 14.8. The molecule has 2 rings (SSSR count). The van der Waals surface area contributed by atoms with Crippen molar-refractivity contribution in [1.82, 2.24) is 0 Å². The maximum Gasteiger partial charge on any atom is 0.126 e. The molecule has 0 radical (unpaired) electrons. The summed E-state index contributed by atoms with van der Waals surface area (Å²) in [5, 5.41) is 0. The minimum atomic E-state index is 0.0247. The van der Waals surface area contributed by atoms with Gasteiger partial charge >= 0.3 is 0 Å². The molecule has 1 aromatic rings. The largest absolute Gasteiger partial charge is 0.497 e. The fraction of sp³-hybridized carbons (Fsp3) is 0.444. The van der Waals surface area contributed by atoms with Crippen molar-refractivity contribution in [3.63, 3.8) is 0 Å². The first-order valence-corrected chi connectivity index (χ1v) is 7.05. The predicted molar refractivity (Wildman–Crippen MR) is 83.8 cm³/mol. The molecule has 1 aliphatic carbocycles. The Balaban J connectivity index is 2.47. The molecule has 0 saturated carbocycles. The van der Waals surface area contributed by atoms with Gasteiger partial charge < -0.3 is 9.47 Å². The van der Waals surface area contributed by atoms with E-state index in [1.807, 2.05) is 0 Å². The lowest BCUT2D eigenvalue weighted by Crippen LogP contribution is -2.14. The molecule has 0 heterocycles. The van der Waals surface area contributed by atoms with Gasteiger partial charge in [0, 0.05) is 11.1 Å². The minimum absolute atomic E-state index is 0.0247. The van der Waals surface area contributed by atoms with Crippen LogP contribution in [-0.2, 0) is 11.8 Å². The van der Waals surface area contributed by atoms with Crippen LogP contribution in [0, 0.1) is 0 Å². The van der Waals surface area contributed by atoms with Crippen molar-refractivity contribution in [3.05, 3.63) is 47.1 Å². The van der Waals surface area contributed by atoms with Crippen LogP contribution in [0.5, 0.6) is 11.5 Å². The molecule has 2 heteroatoms. The van der Waals surface area contributed by atoms with Gasteiger partial charge in [0.05, 0.1) is 14.2 Å². The van der Waals surface area contributed by atoms with Gasteiger partial charge in [-0.05, 0) is 30.4 Å². The van der Waals surface area contributed by atoms with Gasteiger partial charge in [-0.2, -0.15) is 0 Å². The molecule has 0 N–H and O–H groups in total. The summed E-state index contributed by atoms with van der Waals surface area (Å²) in [6, 6.07) is 4.18. The number of allylic oxidation sites excluding steroid dienone is 4. The Morgan fingerprint density at radius 1 is 1.10 bits per heavy atom. The molecule has 1 aliphatic rings. The molecular formula is C18H24O2. The summed E-state index contributed by atoms with van der Waals surface area (Å²) in [6.45, 7) is 6.60. The van der Waals surface area contributed by atoms with E-state index < -0.39 is 0 Å². The first-order chi connectivity index (χ1) is 9.45. The normalized spacial score (nSPS) is 14.3. The summed E-state index contributed by atoms with van der Waals surface area (Å²) < 4.78 is 11.2. The topological polar surface area (TPSA) is 18.5 Å². The molecule has 2 nitrogen and oxygen atoms in total. The quantitative estimate of drug-likeness (QED) is 0.807. The molecular weight excluding hydrogens is 248 g/mol. The Morgan fingerprint density at radius 3 is 2.35 bits per heavy atom. The Labute approximate surface area is 122 Å². The lowest BCUT2D eigenvalue weighted by Gasteiger charge is -2.25. The summed E-state index contributed by atoms with van der Waals surface area (Å²) in [4.78, 5) is 0. The van der Waals surface area contributed by atoms with E-state index in [2.05, 4.69) is 51.1 Å². The molecule has 0 saturated heterocycles. The van der Waals surface area contributed by atoms with Crippen LogP contribution in [0.4, 0.5) is 0 Å². The second kappa shape index (κ2) is 5.74. The van der Waals surface area contributed by atoms with E-state index in [1.165, 1.54) is 16.7 Å². The van der Waals surface area contributed by atoms with Crippen LogP contribution < -0.4 is 9.47 Å². The van der Waals surface area contributed by atoms with Gasteiger partial charge in [0.15, 0.2) is 0 Å². The maximum absolute atomic E-state index is 5.71. The van der Waals surface area contributed by atoms with Crippen LogP contribution in [0.3, 0.4) is 0 Å². The summed E-state index contributed by atoms with van der Waals surface area (Å²) in [6.07, 6.45) is 8.44. The average molecular weight is 272 g/mol. The number of ether oxygens (including phenoxy) is 2. The van der Waals surface area contributed by atoms with Crippen molar-refractivity contribution in [3.8, 4) is 11.5 Å².